The van der Waals surface area contributed by atoms with Gasteiger partial charge < -0.3 is 0 Å². The van der Waals surface area contributed by atoms with E-state index in [0.29, 0.717) is 6.42 Å². The molecule has 1 aliphatic rings. The van der Waals surface area contributed by atoms with Gasteiger partial charge in [-0.15, -0.1) is 0 Å². The fourth-order valence-corrected chi connectivity index (χ4v) is 5.30. The normalized spacial score (nSPS) is 16.9. The fourth-order valence-electron chi connectivity index (χ4n) is 3.83. The summed E-state index contributed by atoms with van der Waals surface area (Å²) in [6.07, 6.45) is 2.12. The molecule has 4 rings (SSSR count). The molecule has 0 bridgehead atoms. The van der Waals surface area contributed by atoms with E-state index in [0.717, 1.165) is 40.8 Å². The Labute approximate surface area is 178 Å². The molecule has 1 aliphatic heterocycles. The average Bonchev–Trinajstić information content (AvgIpc) is 2.75. The molecule has 0 unspecified atom stereocenters. The molecule has 0 saturated carbocycles. The molecule has 30 heavy (non-hydrogen) atoms. The summed E-state index contributed by atoms with van der Waals surface area (Å²) in [6.45, 7) is 3.98. The molecule has 5 heteroatoms. The van der Waals surface area contributed by atoms with Crippen LogP contribution in [0.5, 0.6) is 0 Å². The van der Waals surface area contributed by atoms with Crippen LogP contribution < -0.4 is 0 Å². The van der Waals surface area contributed by atoms with Gasteiger partial charge in [0.05, 0.1) is 16.6 Å². The lowest BCUT2D eigenvalue weighted by atomic mass is 9.96. The highest BCUT2D eigenvalue weighted by molar-refractivity contribution is 7.89. The minimum Gasteiger partial charge on any atom is -0.200 e. The summed E-state index contributed by atoms with van der Waals surface area (Å²) in [6, 6.07) is 24.9. The van der Waals surface area contributed by atoms with Gasteiger partial charge in [0.15, 0.2) is 0 Å². The van der Waals surface area contributed by atoms with Crippen molar-refractivity contribution in [3.05, 3.63) is 101 Å². The van der Waals surface area contributed by atoms with E-state index in [1.165, 1.54) is 4.41 Å². The molecule has 0 radical (unpaired) electrons. The van der Waals surface area contributed by atoms with Gasteiger partial charge in [-0.25, -0.2) is 0 Å². The van der Waals surface area contributed by atoms with Crippen molar-refractivity contribution in [1.29, 1.82) is 0 Å². The first-order valence-electron chi connectivity index (χ1n) is 10.2. The van der Waals surface area contributed by atoms with Crippen molar-refractivity contribution < 1.29 is 8.42 Å². The lowest BCUT2D eigenvalue weighted by Crippen LogP contribution is -2.41. The van der Waals surface area contributed by atoms with Crippen molar-refractivity contribution in [2.45, 2.75) is 44.0 Å². The lowest BCUT2D eigenvalue weighted by molar-refractivity contribution is 0.301. The first kappa shape index (κ1) is 20.4. The lowest BCUT2D eigenvalue weighted by Gasteiger charge is -2.33. The summed E-state index contributed by atoms with van der Waals surface area (Å²) < 4.78 is 28.5. The van der Waals surface area contributed by atoms with Crippen molar-refractivity contribution in [2.24, 2.45) is 5.10 Å². The molecule has 0 aromatic heterocycles. The number of sulfonamides is 1. The topological polar surface area (TPSA) is 49.7 Å². The number of nitrogens with zero attached hydrogens (tertiary/aromatic N) is 2. The molecule has 1 atom stereocenters. The molecule has 1 heterocycles. The highest BCUT2D eigenvalue weighted by Gasteiger charge is 2.34. The van der Waals surface area contributed by atoms with Gasteiger partial charge in [-0.3, -0.25) is 0 Å². The average molecular weight is 419 g/mol. The van der Waals surface area contributed by atoms with Crippen LogP contribution in [0.3, 0.4) is 0 Å². The monoisotopic (exact) mass is 418 g/mol. The van der Waals surface area contributed by atoms with Crippen molar-refractivity contribution in [1.82, 2.24) is 4.41 Å². The number of benzene rings is 3. The predicted octanol–water partition coefficient (Wildman–Crippen LogP) is 5.10. The quantitative estimate of drug-likeness (QED) is 0.579. The SMILES string of the molecule is Cc1ccc(S(=O)(=O)N2N=C(c3cccc(C)c3)CC[C@H]2Cc2ccccc2)cc1. The third-order valence-corrected chi connectivity index (χ3v) is 7.22. The van der Waals surface area contributed by atoms with E-state index in [1.807, 2.05) is 74.5 Å². The molecular weight excluding hydrogens is 392 g/mol. The molecule has 0 spiro atoms. The number of hydrogen-bond acceptors (Lipinski definition) is 3. The summed E-state index contributed by atoms with van der Waals surface area (Å²) in [5, 5.41) is 4.70. The number of aryl methyl sites for hydroxylation is 2. The van der Waals surface area contributed by atoms with Crippen LogP contribution in [0.1, 0.15) is 35.1 Å². The summed E-state index contributed by atoms with van der Waals surface area (Å²) >= 11 is 0. The molecule has 3 aromatic rings. The van der Waals surface area contributed by atoms with Gasteiger partial charge in [0, 0.05) is 0 Å². The van der Waals surface area contributed by atoms with Crippen LogP contribution in [0.15, 0.2) is 88.9 Å². The van der Waals surface area contributed by atoms with Crippen molar-refractivity contribution in [2.75, 3.05) is 0 Å². The molecular formula is C25H26N2O2S. The van der Waals surface area contributed by atoms with Gasteiger partial charge in [0.25, 0.3) is 10.0 Å². The Balaban J connectivity index is 1.75. The third kappa shape index (κ3) is 4.31. The van der Waals surface area contributed by atoms with Crippen LogP contribution in [0.4, 0.5) is 0 Å². The Morgan fingerprint density at radius 3 is 2.33 bits per heavy atom. The minimum absolute atomic E-state index is 0.215. The second kappa shape index (κ2) is 8.44. The van der Waals surface area contributed by atoms with E-state index in [2.05, 4.69) is 6.07 Å². The van der Waals surface area contributed by atoms with Gasteiger partial charge in [-0.05, 0) is 56.4 Å². The number of hydrazone groups is 1. The van der Waals surface area contributed by atoms with Crippen LogP contribution in [-0.4, -0.2) is 24.6 Å². The maximum absolute atomic E-state index is 13.6. The predicted molar refractivity (Wildman–Crippen MR) is 121 cm³/mol. The van der Waals surface area contributed by atoms with Gasteiger partial charge in [0.1, 0.15) is 0 Å². The molecule has 0 saturated heterocycles. The summed E-state index contributed by atoms with van der Waals surface area (Å²) in [4.78, 5) is 0.278. The maximum atomic E-state index is 13.6. The van der Waals surface area contributed by atoms with Crippen LogP contribution in [-0.2, 0) is 16.4 Å². The van der Waals surface area contributed by atoms with Crippen LogP contribution in [0, 0.1) is 13.8 Å². The van der Waals surface area contributed by atoms with E-state index in [4.69, 9.17) is 5.10 Å². The van der Waals surface area contributed by atoms with Gasteiger partial charge in [0.2, 0.25) is 0 Å². The first-order valence-corrected chi connectivity index (χ1v) is 11.7. The van der Waals surface area contributed by atoms with Crippen molar-refractivity contribution in [3.63, 3.8) is 0 Å². The molecule has 154 valence electrons. The minimum atomic E-state index is -3.75. The second-order valence-corrected chi connectivity index (χ2v) is 9.68. The summed E-state index contributed by atoms with van der Waals surface area (Å²) in [7, 11) is -3.75. The zero-order valence-electron chi connectivity index (χ0n) is 17.3. The zero-order chi connectivity index (χ0) is 21.1. The van der Waals surface area contributed by atoms with Gasteiger partial charge >= 0.3 is 0 Å². The second-order valence-electron chi connectivity index (χ2n) is 7.89. The van der Waals surface area contributed by atoms with Gasteiger partial charge in [-0.1, -0.05) is 77.9 Å². The van der Waals surface area contributed by atoms with E-state index >= 15 is 0 Å². The molecule has 3 aromatic carbocycles. The standard InChI is InChI=1S/C25H26N2O2S/c1-19-11-14-24(15-12-19)30(28,29)27-23(18-21-8-4-3-5-9-21)13-16-25(26-27)22-10-6-7-20(2)17-22/h3-12,14-15,17,23H,13,16,18H2,1-2H3/t23-/m0/s1. The van der Waals surface area contributed by atoms with Crippen LogP contribution in [0.2, 0.25) is 0 Å². The van der Waals surface area contributed by atoms with Crippen molar-refractivity contribution in [3.8, 4) is 0 Å². The van der Waals surface area contributed by atoms with E-state index in [9.17, 15) is 8.42 Å². The van der Waals surface area contributed by atoms with Crippen molar-refractivity contribution >= 4 is 15.7 Å². The molecule has 0 fully saturated rings. The van der Waals surface area contributed by atoms with E-state index in [-0.39, 0.29) is 10.9 Å². The zero-order valence-corrected chi connectivity index (χ0v) is 18.1. The molecule has 0 N–H and O–H groups in total. The smallest absolute Gasteiger partial charge is 0.200 e. The third-order valence-electron chi connectivity index (χ3n) is 5.48. The first-order chi connectivity index (χ1) is 14.4. The Kier molecular flexibility index (Phi) is 5.73. The summed E-state index contributed by atoms with van der Waals surface area (Å²) in [5.74, 6) is 0. The van der Waals surface area contributed by atoms with E-state index in [1.54, 1.807) is 12.1 Å². The Hall–Kier alpha value is -2.92. The summed E-state index contributed by atoms with van der Waals surface area (Å²) in [5.41, 5.74) is 5.07. The highest BCUT2D eigenvalue weighted by Crippen LogP contribution is 2.29. The Morgan fingerprint density at radius 1 is 0.900 bits per heavy atom. The van der Waals surface area contributed by atoms with Gasteiger partial charge in [-0.2, -0.15) is 17.9 Å². The van der Waals surface area contributed by atoms with Crippen LogP contribution in [0.25, 0.3) is 0 Å². The largest absolute Gasteiger partial charge is 0.279 e. The molecule has 0 aliphatic carbocycles. The molecule has 4 nitrogen and oxygen atoms in total. The van der Waals surface area contributed by atoms with E-state index < -0.39 is 10.0 Å². The Morgan fingerprint density at radius 2 is 1.63 bits per heavy atom. The Bertz CT molecular complexity index is 1150. The highest BCUT2D eigenvalue weighted by atomic mass is 32.2. The fraction of sp³-hybridized carbons (Fsp3) is 0.240. The van der Waals surface area contributed by atoms with Crippen LogP contribution >= 0.6 is 0 Å². The number of hydrogen-bond donors (Lipinski definition) is 0. The number of rotatable bonds is 5. The maximum Gasteiger partial charge on any atom is 0.279 e. The molecule has 0 amide bonds.